The number of hydrogen-bond acceptors (Lipinski definition) is 6. The maximum Gasteiger partial charge on any atom is 0.251 e. The van der Waals surface area contributed by atoms with Gasteiger partial charge in [0.2, 0.25) is 5.75 Å². The Labute approximate surface area is 172 Å². The van der Waals surface area contributed by atoms with Gasteiger partial charge in [-0.25, -0.2) is 0 Å². The van der Waals surface area contributed by atoms with Gasteiger partial charge in [0.25, 0.3) is 5.91 Å². The number of aromatic nitrogens is 1. The Bertz CT molecular complexity index is 824. The Hall–Kier alpha value is -2.96. The fraction of sp³-hybridized carbons (Fsp3) is 0.455. The van der Waals surface area contributed by atoms with E-state index in [9.17, 15) is 4.79 Å². The SMILES string of the molecule is CCOc1cc(C(=O)NCc2ncc(C)c(OC)c2C)cc(OCC)c1OCC. The minimum atomic E-state index is -0.254. The van der Waals surface area contributed by atoms with Crippen LogP contribution in [0.3, 0.4) is 0 Å². The Kier molecular flexibility index (Phi) is 8.12. The van der Waals surface area contributed by atoms with E-state index in [1.165, 1.54) is 0 Å². The van der Waals surface area contributed by atoms with Crippen LogP contribution in [0.25, 0.3) is 0 Å². The third-order valence-corrected chi connectivity index (χ3v) is 4.34. The van der Waals surface area contributed by atoms with Crippen LogP contribution >= 0.6 is 0 Å². The van der Waals surface area contributed by atoms with E-state index in [0.717, 1.165) is 22.6 Å². The van der Waals surface area contributed by atoms with E-state index >= 15 is 0 Å². The molecule has 1 aromatic carbocycles. The Morgan fingerprint density at radius 3 is 2.07 bits per heavy atom. The van der Waals surface area contributed by atoms with Gasteiger partial charge in [0, 0.05) is 22.9 Å². The highest BCUT2D eigenvalue weighted by atomic mass is 16.5. The molecule has 0 unspecified atom stereocenters. The normalized spacial score (nSPS) is 10.4. The number of methoxy groups -OCH3 is 1. The van der Waals surface area contributed by atoms with Crippen LogP contribution in [-0.2, 0) is 6.54 Å². The second kappa shape index (κ2) is 10.5. The molecule has 0 bridgehead atoms. The van der Waals surface area contributed by atoms with Gasteiger partial charge in [0.1, 0.15) is 5.75 Å². The second-order valence-corrected chi connectivity index (χ2v) is 6.33. The van der Waals surface area contributed by atoms with Gasteiger partial charge in [-0.2, -0.15) is 0 Å². The standard InChI is InChI=1S/C22H30N2O5/c1-7-27-18-10-16(11-19(28-8-2)21(18)29-9-3)22(25)24-13-17-15(5)20(26-6)14(4)12-23-17/h10-12H,7-9,13H2,1-6H3,(H,24,25). The molecule has 2 rings (SSSR count). The Morgan fingerprint density at radius 1 is 0.966 bits per heavy atom. The molecule has 0 aliphatic carbocycles. The predicted octanol–water partition coefficient (Wildman–Crippen LogP) is 3.83. The van der Waals surface area contributed by atoms with Crippen LogP contribution in [0, 0.1) is 13.8 Å². The Balaban J connectivity index is 2.28. The maximum absolute atomic E-state index is 12.8. The molecule has 29 heavy (non-hydrogen) atoms. The average Bonchev–Trinajstić information content (AvgIpc) is 2.70. The van der Waals surface area contributed by atoms with E-state index in [-0.39, 0.29) is 12.5 Å². The third kappa shape index (κ3) is 5.31. The molecule has 158 valence electrons. The topological polar surface area (TPSA) is 78.9 Å². The first-order valence-electron chi connectivity index (χ1n) is 9.80. The van der Waals surface area contributed by atoms with Crippen molar-refractivity contribution in [3.05, 3.63) is 40.7 Å². The van der Waals surface area contributed by atoms with Gasteiger partial charge in [-0.1, -0.05) is 0 Å². The number of amides is 1. The lowest BCUT2D eigenvalue weighted by Gasteiger charge is -2.17. The quantitative estimate of drug-likeness (QED) is 0.651. The van der Waals surface area contributed by atoms with E-state index in [0.29, 0.717) is 42.6 Å². The minimum absolute atomic E-state index is 0.254. The van der Waals surface area contributed by atoms with E-state index in [4.69, 9.17) is 18.9 Å². The fourth-order valence-corrected chi connectivity index (χ4v) is 3.04. The van der Waals surface area contributed by atoms with Gasteiger partial charge in [-0.05, 0) is 46.8 Å². The summed E-state index contributed by atoms with van der Waals surface area (Å²) in [4.78, 5) is 17.2. The number of carbonyl (C=O) groups excluding carboxylic acids is 1. The summed E-state index contributed by atoms with van der Waals surface area (Å²) in [5, 5.41) is 2.91. The summed E-state index contributed by atoms with van der Waals surface area (Å²) >= 11 is 0. The number of nitrogens with one attached hydrogen (secondary N) is 1. The number of benzene rings is 1. The molecule has 0 saturated carbocycles. The van der Waals surface area contributed by atoms with Crippen molar-refractivity contribution >= 4 is 5.91 Å². The van der Waals surface area contributed by atoms with Gasteiger partial charge in [-0.3, -0.25) is 9.78 Å². The molecule has 1 N–H and O–H groups in total. The first kappa shape index (κ1) is 22.3. The van der Waals surface area contributed by atoms with Crippen LogP contribution in [-0.4, -0.2) is 37.8 Å². The first-order valence-corrected chi connectivity index (χ1v) is 9.80. The van der Waals surface area contributed by atoms with Crippen molar-refractivity contribution in [2.45, 2.75) is 41.2 Å². The van der Waals surface area contributed by atoms with Crippen molar-refractivity contribution in [2.75, 3.05) is 26.9 Å². The van der Waals surface area contributed by atoms with Crippen molar-refractivity contribution in [3.63, 3.8) is 0 Å². The number of carbonyl (C=O) groups is 1. The highest BCUT2D eigenvalue weighted by molar-refractivity contribution is 5.95. The highest BCUT2D eigenvalue weighted by Gasteiger charge is 2.19. The molecule has 0 aliphatic rings. The van der Waals surface area contributed by atoms with Gasteiger partial charge >= 0.3 is 0 Å². The van der Waals surface area contributed by atoms with Gasteiger partial charge in [0.15, 0.2) is 11.5 Å². The predicted molar refractivity (Wildman–Crippen MR) is 111 cm³/mol. The summed E-state index contributed by atoms with van der Waals surface area (Å²) in [5.74, 6) is 2.00. The summed E-state index contributed by atoms with van der Waals surface area (Å²) in [6, 6.07) is 3.34. The molecule has 0 atom stereocenters. The fourth-order valence-electron chi connectivity index (χ4n) is 3.04. The van der Waals surface area contributed by atoms with E-state index in [1.807, 2.05) is 34.6 Å². The lowest BCUT2D eigenvalue weighted by atomic mass is 10.1. The lowest BCUT2D eigenvalue weighted by molar-refractivity contribution is 0.0949. The van der Waals surface area contributed by atoms with Crippen LogP contribution in [0.5, 0.6) is 23.0 Å². The molecule has 0 fully saturated rings. The van der Waals surface area contributed by atoms with Crippen LogP contribution < -0.4 is 24.3 Å². The summed E-state index contributed by atoms with van der Waals surface area (Å²) in [6.45, 7) is 11.1. The smallest absolute Gasteiger partial charge is 0.251 e. The highest BCUT2D eigenvalue weighted by Crippen LogP contribution is 2.39. The number of aryl methyl sites for hydroxylation is 1. The van der Waals surface area contributed by atoms with Gasteiger partial charge in [-0.15, -0.1) is 0 Å². The van der Waals surface area contributed by atoms with Gasteiger partial charge in [0.05, 0.1) is 39.2 Å². The Morgan fingerprint density at radius 2 is 1.55 bits per heavy atom. The molecular formula is C22H30N2O5. The molecule has 1 amide bonds. The molecule has 0 radical (unpaired) electrons. The number of ether oxygens (including phenoxy) is 4. The van der Waals surface area contributed by atoms with E-state index in [1.54, 1.807) is 25.4 Å². The van der Waals surface area contributed by atoms with Crippen LogP contribution in [0.4, 0.5) is 0 Å². The summed E-state index contributed by atoms with van der Waals surface area (Å²) in [7, 11) is 1.63. The van der Waals surface area contributed by atoms with E-state index in [2.05, 4.69) is 10.3 Å². The van der Waals surface area contributed by atoms with Crippen molar-refractivity contribution in [1.29, 1.82) is 0 Å². The first-order chi connectivity index (χ1) is 14.0. The minimum Gasteiger partial charge on any atom is -0.496 e. The van der Waals surface area contributed by atoms with Crippen molar-refractivity contribution in [2.24, 2.45) is 0 Å². The average molecular weight is 402 g/mol. The molecule has 7 heteroatoms. The summed E-state index contributed by atoms with van der Waals surface area (Å²) in [6.07, 6.45) is 1.74. The van der Waals surface area contributed by atoms with Crippen molar-refractivity contribution in [1.82, 2.24) is 10.3 Å². The molecule has 0 saturated heterocycles. The molecule has 0 aliphatic heterocycles. The molecule has 1 aromatic heterocycles. The second-order valence-electron chi connectivity index (χ2n) is 6.33. The number of nitrogens with zero attached hydrogens (tertiary/aromatic N) is 1. The zero-order valence-corrected chi connectivity index (χ0v) is 18.0. The van der Waals surface area contributed by atoms with E-state index < -0.39 is 0 Å². The zero-order chi connectivity index (χ0) is 21.4. The monoisotopic (exact) mass is 402 g/mol. The lowest BCUT2D eigenvalue weighted by Crippen LogP contribution is -2.24. The molecule has 1 heterocycles. The van der Waals surface area contributed by atoms with Gasteiger partial charge < -0.3 is 24.3 Å². The van der Waals surface area contributed by atoms with Crippen LogP contribution in [0.1, 0.15) is 48.0 Å². The maximum atomic E-state index is 12.8. The van der Waals surface area contributed by atoms with Crippen molar-refractivity contribution in [3.8, 4) is 23.0 Å². The molecular weight excluding hydrogens is 372 g/mol. The molecule has 0 spiro atoms. The third-order valence-electron chi connectivity index (χ3n) is 4.34. The zero-order valence-electron chi connectivity index (χ0n) is 18.0. The summed E-state index contributed by atoms with van der Waals surface area (Å²) < 4.78 is 22.5. The van der Waals surface area contributed by atoms with Crippen LogP contribution in [0.2, 0.25) is 0 Å². The number of pyridine rings is 1. The largest absolute Gasteiger partial charge is 0.496 e. The summed E-state index contributed by atoms with van der Waals surface area (Å²) in [5.41, 5.74) is 3.04. The molecule has 7 nitrogen and oxygen atoms in total. The number of hydrogen-bond donors (Lipinski definition) is 1. The molecule has 2 aromatic rings. The van der Waals surface area contributed by atoms with Crippen molar-refractivity contribution < 1.29 is 23.7 Å². The number of rotatable bonds is 10. The van der Waals surface area contributed by atoms with Crippen LogP contribution in [0.15, 0.2) is 18.3 Å².